The molecule has 0 saturated heterocycles. The average molecular weight is 328 g/mol. The Balaban J connectivity index is 2.26. The predicted molar refractivity (Wildman–Crippen MR) is 91.9 cm³/mol. The van der Waals surface area contributed by atoms with Crippen molar-refractivity contribution in [2.24, 2.45) is 0 Å². The molecule has 0 atom stereocenters. The third-order valence-corrected chi connectivity index (χ3v) is 3.66. The Kier molecular flexibility index (Phi) is 4.35. The SMILES string of the molecule is COCCn1c(N)c(C(=O)OC(C)C)c2nc3ccccc3nc21. The first kappa shape index (κ1) is 16.2. The van der Waals surface area contributed by atoms with E-state index in [1.807, 2.05) is 24.3 Å². The first-order valence-electron chi connectivity index (χ1n) is 7.77. The maximum Gasteiger partial charge on any atom is 0.344 e. The van der Waals surface area contributed by atoms with Crippen molar-refractivity contribution in [3.05, 3.63) is 29.8 Å². The minimum absolute atomic E-state index is 0.248. The number of esters is 1. The van der Waals surface area contributed by atoms with Gasteiger partial charge in [-0.15, -0.1) is 0 Å². The van der Waals surface area contributed by atoms with Crippen molar-refractivity contribution in [3.63, 3.8) is 0 Å². The summed E-state index contributed by atoms with van der Waals surface area (Å²) >= 11 is 0. The van der Waals surface area contributed by atoms with Gasteiger partial charge < -0.3 is 19.8 Å². The second kappa shape index (κ2) is 6.45. The molecule has 0 unspecified atom stereocenters. The lowest BCUT2D eigenvalue weighted by Crippen LogP contribution is -2.14. The van der Waals surface area contributed by atoms with E-state index in [0.717, 1.165) is 5.52 Å². The molecule has 2 aromatic heterocycles. The molecular weight excluding hydrogens is 308 g/mol. The van der Waals surface area contributed by atoms with Crippen LogP contribution in [0.2, 0.25) is 0 Å². The zero-order chi connectivity index (χ0) is 17.3. The van der Waals surface area contributed by atoms with E-state index < -0.39 is 5.97 Å². The minimum atomic E-state index is -0.492. The lowest BCUT2D eigenvalue weighted by Gasteiger charge is -2.08. The largest absolute Gasteiger partial charge is 0.459 e. The first-order valence-corrected chi connectivity index (χ1v) is 7.77. The van der Waals surface area contributed by atoms with Crippen LogP contribution in [0.25, 0.3) is 22.2 Å². The number of nitrogen functional groups attached to an aromatic ring is 1. The van der Waals surface area contributed by atoms with E-state index >= 15 is 0 Å². The molecule has 0 aliphatic carbocycles. The fourth-order valence-electron chi connectivity index (χ4n) is 2.60. The van der Waals surface area contributed by atoms with Gasteiger partial charge in [-0.25, -0.2) is 14.8 Å². The van der Waals surface area contributed by atoms with Gasteiger partial charge in [0.15, 0.2) is 5.65 Å². The summed E-state index contributed by atoms with van der Waals surface area (Å²) in [5.74, 6) is -0.198. The average Bonchev–Trinajstić information content (AvgIpc) is 2.81. The van der Waals surface area contributed by atoms with Crippen molar-refractivity contribution in [2.45, 2.75) is 26.5 Å². The number of hydrogen-bond acceptors (Lipinski definition) is 6. The Bertz CT molecular complexity index is 902. The number of benzene rings is 1. The summed E-state index contributed by atoms with van der Waals surface area (Å²) in [6.45, 7) is 4.50. The molecule has 2 heterocycles. The Morgan fingerprint density at radius 2 is 1.92 bits per heavy atom. The van der Waals surface area contributed by atoms with Crippen molar-refractivity contribution in [3.8, 4) is 0 Å². The number of aromatic nitrogens is 3. The van der Waals surface area contributed by atoms with Crippen molar-refractivity contribution in [1.29, 1.82) is 0 Å². The van der Waals surface area contributed by atoms with Gasteiger partial charge in [0.25, 0.3) is 0 Å². The van der Waals surface area contributed by atoms with Gasteiger partial charge >= 0.3 is 5.97 Å². The highest BCUT2D eigenvalue weighted by atomic mass is 16.5. The maximum absolute atomic E-state index is 12.5. The Hall–Kier alpha value is -2.67. The summed E-state index contributed by atoms with van der Waals surface area (Å²) in [4.78, 5) is 21.7. The Morgan fingerprint density at radius 1 is 1.25 bits per heavy atom. The molecule has 0 spiro atoms. The molecule has 0 bridgehead atoms. The number of nitrogens with zero attached hydrogens (tertiary/aromatic N) is 3. The van der Waals surface area contributed by atoms with Crippen molar-refractivity contribution >= 4 is 34.0 Å². The van der Waals surface area contributed by atoms with Crippen LogP contribution >= 0.6 is 0 Å². The number of para-hydroxylation sites is 2. The topological polar surface area (TPSA) is 92.3 Å². The molecule has 0 aliphatic heterocycles. The Labute approximate surface area is 139 Å². The van der Waals surface area contributed by atoms with Crippen LogP contribution in [0, 0.1) is 0 Å². The minimum Gasteiger partial charge on any atom is -0.459 e. The highest BCUT2D eigenvalue weighted by Gasteiger charge is 2.25. The van der Waals surface area contributed by atoms with E-state index in [0.29, 0.717) is 35.7 Å². The summed E-state index contributed by atoms with van der Waals surface area (Å²) < 4.78 is 12.2. The standard InChI is InChI=1S/C17H20N4O3/c1-10(2)24-17(22)13-14-16(21(15(13)18)8-9-23-3)20-12-7-5-4-6-11(12)19-14/h4-7,10H,8-9,18H2,1-3H3. The van der Waals surface area contributed by atoms with Crippen LogP contribution in [0.15, 0.2) is 24.3 Å². The molecule has 7 heteroatoms. The van der Waals surface area contributed by atoms with Crippen LogP contribution in [0.4, 0.5) is 5.82 Å². The highest BCUT2D eigenvalue weighted by Crippen LogP contribution is 2.28. The molecule has 0 aliphatic rings. The lowest BCUT2D eigenvalue weighted by atomic mass is 10.2. The Morgan fingerprint density at radius 3 is 2.54 bits per heavy atom. The first-order chi connectivity index (χ1) is 11.5. The molecule has 0 saturated carbocycles. The van der Waals surface area contributed by atoms with Crippen LogP contribution < -0.4 is 5.73 Å². The van der Waals surface area contributed by atoms with E-state index in [2.05, 4.69) is 9.97 Å². The molecule has 0 fully saturated rings. The second-order valence-electron chi connectivity index (χ2n) is 5.74. The quantitative estimate of drug-likeness (QED) is 0.723. The van der Waals surface area contributed by atoms with Gasteiger partial charge in [0.05, 0.1) is 23.7 Å². The third kappa shape index (κ3) is 2.78. The summed E-state index contributed by atoms with van der Waals surface area (Å²) in [7, 11) is 1.61. The van der Waals surface area contributed by atoms with Crippen LogP contribution in [-0.2, 0) is 16.0 Å². The van der Waals surface area contributed by atoms with E-state index in [9.17, 15) is 4.79 Å². The van der Waals surface area contributed by atoms with E-state index in [1.54, 1.807) is 25.5 Å². The summed E-state index contributed by atoms with van der Waals surface area (Å²) in [6, 6.07) is 7.49. The van der Waals surface area contributed by atoms with Gasteiger partial charge in [-0.2, -0.15) is 0 Å². The molecule has 2 N–H and O–H groups in total. The number of carbonyl (C=O) groups excluding carboxylic acids is 1. The number of carbonyl (C=O) groups is 1. The number of methoxy groups -OCH3 is 1. The zero-order valence-electron chi connectivity index (χ0n) is 13.9. The normalized spacial score (nSPS) is 11.5. The van der Waals surface area contributed by atoms with E-state index in [1.165, 1.54) is 0 Å². The zero-order valence-corrected chi connectivity index (χ0v) is 13.9. The van der Waals surface area contributed by atoms with E-state index in [4.69, 9.17) is 15.2 Å². The number of fused-ring (bicyclic) bond motifs is 2. The number of anilines is 1. The molecule has 126 valence electrons. The highest BCUT2D eigenvalue weighted by molar-refractivity contribution is 6.08. The van der Waals surface area contributed by atoms with Crippen LogP contribution in [-0.4, -0.2) is 40.3 Å². The van der Waals surface area contributed by atoms with E-state index in [-0.39, 0.29) is 11.7 Å². The fraction of sp³-hybridized carbons (Fsp3) is 0.353. The molecular formula is C17H20N4O3. The molecule has 3 aromatic rings. The van der Waals surface area contributed by atoms with Crippen molar-refractivity contribution in [1.82, 2.24) is 14.5 Å². The van der Waals surface area contributed by atoms with Crippen molar-refractivity contribution in [2.75, 3.05) is 19.5 Å². The molecule has 0 amide bonds. The molecule has 7 nitrogen and oxygen atoms in total. The van der Waals surface area contributed by atoms with Crippen LogP contribution in [0.3, 0.4) is 0 Å². The van der Waals surface area contributed by atoms with Gasteiger partial charge in [0, 0.05) is 13.7 Å². The third-order valence-electron chi connectivity index (χ3n) is 3.66. The van der Waals surface area contributed by atoms with Crippen LogP contribution in [0.5, 0.6) is 0 Å². The smallest absolute Gasteiger partial charge is 0.344 e. The molecule has 3 rings (SSSR count). The van der Waals surface area contributed by atoms with Gasteiger partial charge in [-0.1, -0.05) is 12.1 Å². The van der Waals surface area contributed by atoms with Gasteiger partial charge in [-0.05, 0) is 26.0 Å². The second-order valence-corrected chi connectivity index (χ2v) is 5.74. The monoisotopic (exact) mass is 328 g/mol. The predicted octanol–water partition coefficient (Wildman–Crippen LogP) is 2.38. The summed E-state index contributed by atoms with van der Waals surface area (Å²) in [5, 5.41) is 0. The van der Waals surface area contributed by atoms with Gasteiger partial charge in [-0.3, -0.25) is 0 Å². The van der Waals surface area contributed by atoms with Gasteiger partial charge in [0.1, 0.15) is 16.9 Å². The molecule has 1 aromatic carbocycles. The summed E-state index contributed by atoms with van der Waals surface area (Å²) in [6.07, 6.45) is -0.248. The number of hydrogen-bond donors (Lipinski definition) is 1. The molecule has 24 heavy (non-hydrogen) atoms. The molecule has 0 radical (unpaired) electrons. The maximum atomic E-state index is 12.5. The summed E-state index contributed by atoms with van der Waals surface area (Å²) in [5.41, 5.74) is 8.93. The number of nitrogens with two attached hydrogens (primary N) is 1. The fourth-order valence-corrected chi connectivity index (χ4v) is 2.60. The van der Waals surface area contributed by atoms with Gasteiger partial charge in [0.2, 0.25) is 0 Å². The van der Waals surface area contributed by atoms with Crippen molar-refractivity contribution < 1.29 is 14.3 Å². The lowest BCUT2D eigenvalue weighted by molar-refractivity contribution is 0.0381. The number of rotatable bonds is 5. The number of ether oxygens (including phenoxy) is 2. The van der Waals surface area contributed by atoms with Crippen LogP contribution in [0.1, 0.15) is 24.2 Å².